The van der Waals surface area contributed by atoms with Crippen LogP contribution in [0.5, 0.6) is 0 Å². The molecule has 208 valence electrons. The molecule has 0 radical (unpaired) electrons. The second kappa shape index (κ2) is 13.2. The number of hydrogen-bond donors (Lipinski definition) is 3. The first kappa shape index (κ1) is 27.9. The van der Waals surface area contributed by atoms with Gasteiger partial charge in [-0.05, 0) is 87.4 Å². The smallest absolute Gasteiger partial charge is 0.259 e. The molecule has 1 atom stereocenters. The van der Waals surface area contributed by atoms with Crippen molar-refractivity contribution in [3.8, 4) is 11.1 Å². The average molecular weight is 557 g/mol. The van der Waals surface area contributed by atoms with Gasteiger partial charge in [-0.2, -0.15) is 0 Å². The largest absolute Gasteiger partial charge is 0.382 e. The van der Waals surface area contributed by atoms with E-state index in [-0.39, 0.29) is 0 Å². The predicted octanol–water partition coefficient (Wildman–Crippen LogP) is 7.23. The number of nitrogens with zero attached hydrogens (tertiary/aromatic N) is 2. The fourth-order valence-electron chi connectivity index (χ4n) is 6.65. The third kappa shape index (κ3) is 6.40. The molecule has 38 heavy (non-hydrogen) atoms. The number of piperidine rings is 1. The molecule has 1 unspecified atom stereocenters. The molecule has 1 aromatic heterocycles. The van der Waals surface area contributed by atoms with Gasteiger partial charge < -0.3 is 10.2 Å². The first-order chi connectivity index (χ1) is 18.6. The van der Waals surface area contributed by atoms with E-state index in [4.69, 9.17) is 4.98 Å². The number of aryl methyl sites for hydroxylation is 1. The van der Waals surface area contributed by atoms with Crippen LogP contribution in [0.2, 0.25) is 0 Å². The molecular formula is C30H44N4O2S2. The zero-order valence-corrected chi connectivity index (χ0v) is 24.7. The molecule has 0 amide bonds. The predicted molar refractivity (Wildman–Crippen MR) is 162 cm³/mol. The van der Waals surface area contributed by atoms with Gasteiger partial charge in [0.15, 0.2) is 0 Å². The fraction of sp³-hybridized carbons (Fsp3) is 0.633. The first-order valence-electron chi connectivity index (χ1n) is 14.8. The monoisotopic (exact) mass is 556 g/mol. The normalized spacial score (nSPS) is 20.2. The lowest BCUT2D eigenvalue weighted by molar-refractivity contribution is 0.229. The highest BCUT2D eigenvalue weighted by Gasteiger charge is 2.30. The van der Waals surface area contributed by atoms with Crippen LogP contribution in [-0.4, -0.2) is 50.1 Å². The standard InChI is InChI=1S/C30H44N4O2S2/c1-3-34-18-16-22(17-19-34)31-27-15-14-23(37-4-2)20-25(27)28-24-12-8-9-13-26(24)32-29(30(28)33-38(35)36)21-10-6-5-7-11-21/h14-15,20-22,31,33H,3-13,16-19H2,1-2H3,(H,35,36). The summed E-state index contributed by atoms with van der Waals surface area (Å²) in [6.45, 7) is 7.79. The molecule has 3 N–H and O–H groups in total. The number of fused-ring (bicyclic) bond motifs is 1. The molecular weight excluding hydrogens is 512 g/mol. The van der Waals surface area contributed by atoms with Crippen molar-refractivity contribution in [3.05, 3.63) is 35.2 Å². The maximum atomic E-state index is 12.3. The van der Waals surface area contributed by atoms with Crippen LogP contribution in [0.1, 0.15) is 94.5 Å². The summed E-state index contributed by atoms with van der Waals surface area (Å²) in [5, 5.41) is 3.93. The minimum Gasteiger partial charge on any atom is -0.382 e. The molecule has 3 aliphatic rings. The number of pyridine rings is 1. The zero-order chi connectivity index (χ0) is 26.5. The number of nitrogens with one attached hydrogen (secondary N) is 2. The van der Waals surface area contributed by atoms with Crippen LogP contribution in [-0.2, 0) is 24.1 Å². The Morgan fingerprint density at radius 2 is 1.82 bits per heavy atom. The quantitative estimate of drug-likeness (QED) is 0.223. The molecule has 1 aliphatic heterocycles. The molecule has 6 nitrogen and oxygen atoms in total. The van der Waals surface area contributed by atoms with Crippen LogP contribution in [0.15, 0.2) is 23.1 Å². The van der Waals surface area contributed by atoms with Crippen molar-refractivity contribution in [1.82, 2.24) is 9.88 Å². The number of aromatic nitrogens is 1. The van der Waals surface area contributed by atoms with Crippen LogP contribution < -0.4 is 10.0 Å². The van der Waals surface area contributed by atoms with Gasteiger partial charge in [0.25, 0.3) is 11.3 Å². The summed E-state index contributed by atoms with van der Waals surface area (Å²) in [7, 11) is 0. The Hall–Kier alpha value is -1.61. The van der Waals surface area contributed by atoms with Gasteiger partial charge in [0.2, 0.25) is 0 Å². The van der Waals surface area contributed by atoms with Crippen LogP contribution in [0.4, 0.5) is 11.4 Å². The highest BCUT2D eigenvalue weighted by Crippen LogP contribution is 2.47. The fourth-order valence-corrected chi connectivity index (χ4v) is 7.73. The maximum absolute atomic E-state index is 12.3. The van der Waals surface area contributed by atoms with Crippen LogP contribution >= 0.6 is 11.8 Å². The summed E-state index contributed by atoms with van der Waals surface area (Å²) in [5.41, 5.74) is 7.69. The van der Waals surface area contributed by atoms with Crippen LogP contribution in [0, 0.1) is 0 Å². The number of likely N-dealkylation sites (tertiary alicyclic amines) is 1. The Balaban J connectivity index is 1.65. The van der Waals surface area contributed by atoms with Gasteiger partial charge in [0.05, 0.1) is 11.4 Å². The van der Waals surface area contributed by atoms with Gasteiger partial charge in [0, 0.05) is 52.5 Å². The summed E-state index contributed by atoms with van der Waals surface area (Å²) >= 11 is -0.312. The molecule has 0 spiro atoms. The van der Waals surface area contributed by atoms with E-state index in [1.807, 2.05) is 11.8 Å². The van der Waals surface area contributed by atoms with Crippen molar-refractivity contribution in [2.24, 2.45) is 0 Å². The maximum Gasteiger partial charge on any atom is 0.259 e. The second-order valence-electron chi connectivity index (χ2n) is 11.1. The van der Waals surface area contributed by atoms with E-state index in [1.54, 1.807) is 0 Å². The number of thioether (sulfide) groups is 1. The molecule has 2 heterocycles. The van der Waals surface area contributed by atoms with Crippen LogP contribution in [0.3, 0.4) is 0 Å². The van der Waals surface area contributed by atoms with Gasteiger partial charge in [-0.15, -0.1) is 11.8 Å². The summed E-state index contributed by atoms with van der Waals surface area (Å²) in [5.74, 6) is 1.35. The van der Waals surface area contributed by atoms with Gasteiger partial charge in [0.1, 0.15) is 0 Å². The number of hydrogen-bond acceptors (Lipinski definition) is 5. The summed E-state index contributed by atoms with van der Waals surface area (Å²) < 4.78 is 25.5. The molecule has 1 saturated carbocycles. The summed E-state index contributed by atoms with van der Waals surface area (Å²) in [6, 6.07) is 7.22. The summed E-state index contributed by atoms with van der Waals surface area (Å²) in [6.07, 6.45) is 12.4. The van der Waals surface area contributed by atoms with E-state index in [2.05, 4.69) is 47.0 Å². The minimum atomic E-state index is -2.16. The molecule has 5 rings (SSSR count). The van der Waals surface area contributed by atoms with Gasteiger partial charge in [-0.25, -0.2) is 4.21 Å². The molecule has 1 saturated heterocycles. The lowest BCUT2D eigenvalue weighted by Crippen LogP contribution is -2.38. The first-order valence-corrected chi connectivity index (χ1v) is 16.9. The van der Waals surface area contributed by atoms with E-state index in [1.165, 1.54) is 35.4 Å². The molecule has 2 fully saturated rings. The van der Waals surface area contributed by atoms with Crippen molar-refractivity contribution in [1.29, 1.82) is 0 Å². The molecule has 2 aliphatic carbocycles. The molecule has 0 bridgehead atoms. The van der Waals surface area contributed by atoms with Crippen molar-refractivity contribution in [2.45, 2.75) is 101 Å². The van der Waals surface area contributed by atoms with Crippen molar-refractivity contribution >= 4 is 34.4 Å². The van der Waals surface area contributed by atoms with E-state index >= 15 is 0 Å². The number of benzene rings is 1. The van der Waals surface area contributed by atoms with Crippen LogP contribution in [0.25, 0.3) is 11.1 Å². The molecule has 2 aromatic rings. The third-order valence-electron chi connectivity index (χ3n) is 8.65. The van der Waals surface area contributed by atoms with Crippen molar-refractivity contribution in [3.63, 3.8) is 0 Å². The van der Waals surface area contributed by atoms with Crippen molar-refractivity contribution < 1.29 is 8.76 Å². The Bertz CT molecular complexity index is 1130. The topological polar surface area (TPSA) is 77.5 Å². The lowest BCUT2D eigenvalue weighted by Gasteiger charge is -2.33. The third-order valence-corrected chi connectivity index (χ3v) is 9.90. The zero-order valence-electron chi connectivity index (χ0n) is 23.1. The average Bonchev–Trinajstić information content (AvgIpc) is 2.94. The Morgan fingerprint density at radius 1 is 1.05 bits per heavy atom. The highest BCUT2D eigenvalue weighted by atomic mass is 32.2. The Morgan fingerprint density at radius 3 is 2.53 bits per heavy atom. The number of rotatable bonds is 9. The van der Waals surface area contributed by atoms with Crippen molar-refractivity contribution in [2.75, 3.05) is 35.4 Å². The van der Waals surface area contributed by atoms with Gasteiger partial charge >= 0.3 is 0 Å². The van der Waals surface area contributed by atoms with E-state index < -0.39 is 11.3 Å². The summed E-state index contributed by atoms with van der Waals surface area (Å²) in [4.78, 5) is 9.02. The lowest BCUT2D eigenvalue weighted by atomic mass is 9.81. The number of anilines is 2. The van der Waals surface area contributed by atoms with E-state index in [9.17, 15) is 8.76 Å². The van der Waals surface area contributed by atoms with E-state index in [0.29, 0.717) is 12.0 Å². The Kier molecular flexibility index (Phi) is 9.68. The minimum absolute atomic E-state index is 0.337. The Labute approximate surface area is 235 Å². The van der Waals surface area contributed by atoms with Gasteiger partial charge in [-0.1, -0.05) is 33.1 Å². The van der Waals surface area contributed by atoms with Gasteiger partial charge in [-0.3, -0.25) is 14.3 Å². The highest BCUT2D eigenvalue weighted by molar-refractivity contribution is 7.99. The second-order valence-corrected chi connectivity index (χ2v) is 13.1. The molecule has 8 heteroatoms. The SMILES string of the molecule is CCSc1ccc(NC2CCN(CC)CC2)c(-c2c3c(nc(C4CCCCC4)c2NS(=O)O)CCCC3)c1. The molecule has 1 aromatic carbocycles. The van der Waals surface area contributed by atoms with E-state index in [0.717, 1.165) is 105 Å².